The fraction of sp³-hybridized carbons (Fsp3) is 0.308. The molecule has 0 radical (unpaired) electrons. The number of rotatable bonds is 6. The van der Waals surface area contributed by atoms with E-state index >= 15 is 0 Å². The molecule has 5 nitrogen and oxygen atoms in total. The Morgan fingerprint density at radius 1 is 1.37 bits per heavy atom. The van der Waals surface area contributed by atoms with Gasteiger partial charge >= 0.3 is 0 Å². The van der Waals surface area contributed by atoms with Crippen LogP contribution in [-0.4, -0.2) is 16.4 Å². The van der Waals surface area contributed by atoms with Crippen LogP contribution in [0, 0.1) is 0 Å². The molecule has 0 fully saturated rings. The molecule has 0 aliphatic rings. The van der Waals surface area contributed by atoms with Crippen molar-refractivity contribution >= 4 is 17.4 Å². The van der Waals surface area contributed by atoms with Gasteiger partial charge in [-0.15, -0.1) is 0 Å². The van der Waals surface area contributed by atoms with Gasteiger partial charge in [0.1, 0.15) is 11.6 Å². The second-order valence-electron chi connectivity index (χ2n) is 4.15. The summed E-state index contributed by atoms with van der Waals surface area (Å²) in [6, 6.07) is 7.37. The van der Waals surface area contributed by atoms with Gasteiger partial charge in [0.15, 0.2) is 0 Å². The van der Waals surface area contributed by atoms with Crippen LogP contribution < -0.4 is 11.3 Å². The Morgan fingerprint density at radius 2 is 2.21 bits per heavy atom. The summed E-state index contributed by atoms with van der Waals surface area (Å²) < 4.78 is 5.35. The number of hydrogen-bond acceptors (Lipinski definition) is 5. The first-order valence-corrected chi connectivity index (χ1v) is 6.47. The second kappa shape index (κ2) is 6.56. The van der Waals surface area contributed by atoms with Crippen molar-refractivity contribution in [2.75, 3.05) is 12.0 Å². The molecule has 6 heteroatoms. The first kappa shape index (κ1) is 13.9. The van der Waals surface area contributed by atoms with Gasteiger partial charge in [0, 0.05) is 6.54 Å². The van der Waals surface area contributed by atoms with Crippen LogP contribution >= 0.6 is 11.6 Å². The number of nitrogens with two attached hydrogens (primary N) is 1. The zero-order valence-corrected chi connectivity index (χ0v) is 11.5. The number of nitrogen functional groups attached to an aromatic ring is 1. The number of hydrazine groups is 1. The van der Waals surface area contributed by atoms with E-state index in [1.54, 1.807) is 18.4 Å². The lowest BCUT2D eigenvalue weighted by Crippen LogP contribution is -2.23. The average Bonchev–Trinajstić information content (AvgIpc) is 2.93. The van der Waals surface area contributed by atoms with E-state index in [4.69, 9.17) is 21.9 Å². The first-order valence-electron chi connectivity index (χ1n) is 6.09. The van der Waals surface area contributed by atoms with Crippen molar-refractivity contribution in [1.29, 1.82) is 0 Å². The highest BCUT2D eigenvalue weighted by molar-refractivity contribution is 6.31. The Labute approximate surface area is 117 Å². The van der Waals surface area contributed by atoms with Crippen molar-refractivity contribution in [2.24, 2.45) is 5.84 Å². The number of hydrogen-bond donors (Lipinski definition) is 2. The molecule has 0 spiro atoms. The molecule has 0 saturated heterocycles. The number of aromatic nitrogens is 1. The Hall–Kier alpha value is -1.56. The van der Waals surface area contributed by atoms with Crippen molar-refractivity contribution < 1.29 is 4.42 Å². The number of pyridine rings is 1. The lowest BCUT2D eigenvalue weighted by Gasteiger charge is -2.19. The summed E-state index contributed by atoms with van der Waals surface area (Å²) in [5.41, 5.74) is 3.32. The molecule has 0 aliphatic carbocycles. The maximum Gasteiger partial charge on any atom is 0.140 e. The van der Waals surface area contributed by atoms with Crippen LogP contribution in [0.5, 0.6) is 0 Å². The quantitative estimate of drug-likeness (QED) is 0.629. The highest BCUT2D eigenvalue weighted by Gasteiger charge is 2.11. The van der Waals surface area contributed by atoms with E-state index in [0.29, 0.717) is 17.4 Å². The van der Waals surface area contributed by atoms with Crippen molar-refractivity contribution in [1.82, 2.24) is 9.88 Å². The highest BCUT2D eigenvalue weighted by atomic mass is 35.5. The molecule has 2 rings (SSSR count). The molecular weight excluding hydrogens is 264 g/mol. The van der Waals surface area contributed by atoms with Crippen LogP contribution in [-0.2, 0) is 13.1 Å². The largest absolute Gasteiger partial charge is 0.468 e. The lowest BCUT2D eigenvalue weighted by atomic mass is 10.3. The number of nitrogens with one attached hydrogen (secondary N) is 1. The van der Waals surface area contributed by atoms with Gasteiger partial charge in [0.2, 0.25) is 0 Å². The highest BCUT2D eigenvalue weighted by Crippen LogP contribution is 2.19. The van der Waals surface area contributed by atoms with E-state index in [2.05, 4.69) is 22.2 Å². The van der Waals surface area contributed by atoms with Gasteiger partial charge in [0.25, 0.3) is 0 Å². The summed E-state index contributed by atoms with van der Waals surface area (Å²) in [6.45, 7) is 4.33. The van der Waals surface area contributed by atoms with Gasteiger partial charge in [-0.1, -0.05) is 18.5 Å². The molecule has 0 atom stereocenters. The summed E-state index contributed by atoms with van der Waals surface area (Å²) in [5.74, 6) is 6.88. The SMILES string of the molecule is CCN(Cc1ccco1)Cc1nc(NN)ccc1Cl. The third kappa shape index (κ3) is 3.70. The molecule has 3 N–H and O–H groups in total. The van der Waals surface area contributed by atoms with Crippen molar-refractivity contribution in [3.05, 3.63) is 47.0 Å². The van der Waals surface area contributed by atoms with Gasteiger partial charge in [-0.25, -0.2) is 10.8 Å². The number of furan rings is 1. The normalized spacial score (nSPS) is 10.9. The van der Waals surface area contributed by atoms with Crippen molar-refractivity contribution in [3.8, 4) is 0 Å². The molecule has 19 heavy (non-hydrogen) atoms. The van der Waals surface area contributed by atoms with Crippen LogP contribution in [0.25, 0.3) is 0 Å². The van der Waals surface area contributed by atoms with Crippen LogP contribution in [0.15, 0.2) is 34.9 Å². The molecule has 0 saturated carbocycles. The Balaban J connectivity index is 2.09. The summed E-state index contributed by atoms with van der Waals surface area (Å²) >= 11 is 6.15. The summed E-state index contributed by atoms with van der Waals surface area (Å²) in [4.78, 5) is 6.56. The standard InChI is InChI=1S/C13H17ClN4O/c1-2-18(8-10-4-3-7-19-10)9-12-11(14)5-6-13(16-12)17-15/h3-7H,2,8-9,15H2,1H3,(H,16,17). The molecule has 2 heterocycles. The van der Waals surface area contributed by atoms with Crippen LogP contribution in [0.2, 0.25) is 5.02 Å². The fourth-order valence-electron chi connectivity index (χ4n) is 1.79. The summed E-state index contributed by atoms with van der Waals surface area (Å²) in [5, 5.41) is 0.636. The second-order valence-corrected chi connectivity index (χ2v) is 4.56. The molecule has 0 amide bonds. The molecule has 102 valence electrons. The molecule has 2 aromatic rings. The smallest absolute Gasteiger partial charge is 0.140 e. The number of nitrogens with zero attached hydrogens (tertiary/aromatic N) is 2. The number of anilines is 1. The lowest BCUT2D eigenvalue weighted by molar-refractivity contribution is 0.245. The molecule has 2 aromatic heterocycles. The topological polar surface area (TPSA) is 67.3 Å². The third-order valence-electron chi connectivity index (χ3n) is 2.85. The van der Waals surface area contributed by atoms with Crippen LogP contribution in [0.4, 0.5) is 5.82 Å². The maximum absolute atomic E-state index is 6.15. The van der Waals surface area contributed by atoms with Crippen molar-refractivity contribution in [2.45, 2.75) is 20.0 Å². The number of halogens is 1. The van der Waals surface area contributed by atoms with E-state index in [9.17, 15) is 0 Å². The molecule has 0 aromatic carbocycles. The van der Waals surface area contributed by atoms with Gasteiger partial charge in [-0.05, 0) is 30.8 Å². The Bertz CT molecular complexity index is 515. The van der Waals surface area contributed by atoms with E-state index in [1.807, 2.05) is 12.1 Å². The van der Waals surface area contributed by atoms with E-state index < -0.39 is 0 Å². The Morgan fingerprint density at radius 3 is 2.84 bits per heavy atom. The van der Waals surface area contributed by atoms with E-state index in [0.717, 1.165) is 24.5 Å². The van der Waals surface area contributed by atoms with Gasteiger partial charge in [0.05, 0.1) is 23.5 Å². The van der Waals surface area contributed by atoms with Gasteiger partial charge in [-0.3, -0.25) is 4.90 Å². The molecular formula is C13H17ClN4O. The average molecular weight is 281 g/mol. The zero-order valence-electron chi connectivity index (χ0n) is 10.8. The minimum atomic E-state index is 0.605. The minimum absolute atomic E-state index is 0.605. The minimum Gasteiger partial charge on any atom is -0.468 e. The Kier molecular flexibility index (Phi) is 4.79. The van der Waals surface area contributed by atoms with Crippen LogP contribution in [0.3, 0.4) is 0 Å². The maximum atomic E-state index is 6.15. The molecule has 0 bridgehead atoms. The van der Waals surface area contributed by atoms with E-state index in [1.165, 1.54) is 0 Å². The predicted molar refractivity (Wildman–Crippen MR) is 75.6 cm³/mol. The summed E-state index contributed by atoms with van der Waals surface area (Å²) in [6.07, 6.45) is 1.67. The van der Waals surface area contributed by atoms with Gasteiger partial charge < -0.3 is 9.84 Å². The van der Waals surface area contributed by atoms with Crippen LogP contribution in [0.1, 0.15) is 18.4 Å². The summed E-state index contributed by atoms with van der Waals surface area (Å²) in [7, 11) is 0. The van der Waals surface area contributed by atoms with Crippen molar-refractivity contribution in [3.63, 3.8) is 0 Å². The zero-order chi connectivity index (χ0) is 13.7. The third-order valence-corrected chi connectivity index (χ3v) is 3.19. The first-order chi connectivity index (χ1) is 9.22. The molecule has 0 unspecified atom stereocenters. The van der Waals surface area contributed by atoms with Gasteiger partial charge in [-0.2, -0.15) is 0 Å². The fourth-order valence-corrected chi connectivity index (χ4v) is 1.95. The van der Waals surface area contributed by atoms with E-state index in [-0.39, 0.29) is 0 Å². The predicted octanol–water partition coefficient (Wildman–Crippen LogP) is 2.64. The monoisotopic (exact) mass is 280 g/mol. The molecule has 0 aliphatic heterocycles.